The maximum absolute atomic E-state index is 11.2. The Morgan fingerprint density at radius 3 is 1.86 bits per heavy atom. The van der Waals surface area contributed by atoms with Gasteiger partial charge in [-0.2, -0.15) is 0 Å². The van der Waals surface area contributed by atoms with Crippen molar-refractivity contribution in [3.63, 3.8) is 0 Å². The fourth-order valence-corrected chi connectivity index (χ4v) is 1.11. The molecule has 14 heavy (non-hydrogen) atoms. The van der Waals surface area contributed by atoms with Gasteiger partial charge in [0.25, 0.3) is 0 Å². The molecule has 0 heterocycles. The Morgan fingerprint density at radius 1 is 1.14 bits per heavy atom. The van der Waals surface area contributed by atoms with Gasteiger partial charge in [0.2, 0.25) is 0 Å². The van der Waals surface area contributed by atoms with Gasteiger partial charge in [-0.25, -0.2) is 9.80 Å². The van der Waals surface area contributed by atoms with Crippen LogP contribution in [0.2, 0.25) is 0 Å². The highest BCUT2D eigenvalue weighted by Gasteiger charge is 2.20. The number of hydrazine groups is 1. The average molecular weight is 202 g/mol. The first-order chi connectivity index (χ1) is 6.40. The van der Waals surface area contributed by atoms with Gasteiger partial charge in [0.1, 0.15) is 0 Å². The van der Waals surface area contributed by atoms with Gasteiger partial charge in [0, 0.05) is 12.1 Å². The van der Waals surface area contributed by atoms with Gasteiger partial charge >= 0.3 is 11.9 Å². The number of nitrogens with one attached hydrogen (secondary N) is 1. The van der Waals surface area contributed by atoms with Crippen molar-refractivity contribution in [2.24, 2.45) is 0 Å². The summed E-state index contributed by atoms with van der Waals surface area (Å²) >= 11 is 0. The van der Waals surface area contributed by atoms with Crippen LogP contribution in [0.15, 0.2) is 0 Å². The van der Waals surface area contributed by atoms with E-state index in [0.717, 1.165) is 0 Å². The standard InChI is InChI=1S/C9H18N2O3/c1-6(2)11(7(3)4)10-8(12)9(13)14-5/h6-7H,1-5H3,(H,10,12). The average Bonchev–Trinajstić information content (AvgIpc) is 2.11. The summed E-state index contributed by atoms with van der Waals surface area (Å²) in [7, 11) is 1.18. The number of nitrogens with zero attached hydrogens (tertiary/aromatic N) is 1. The Labute approximate surface area is 84.4 Å². The van der Waals surface area contributed by atoms with Crippen molar-refractivity contribution in [3.8, 4) is 0 Å². The van der Waals surface area contributed by atoms with Crippen molar-refractivity contribution < 1.29 is 14.3 Å². The highest BCUT2D eigenvalue weighted by molar-refractivity contribution is 6.32. The molecule has 0 bridgehead atoms. The number of methoxy groups -OCH3 is 1. The maximum Gasteiger partial charge on any atom is 0.397 e. The SMILES string of the molecule is COC(=O)C(=O)NN(C(C)C)C(C)C. The second kappa shape index (κ2) is 5.59. The quantitative estimate of drug-likeness (QED) is 0.406. The van der Waals surface area contributed by atoms with E-state index in [1.807, 2.05) is 27.7 Å². The van der Waals surface area contributed by atoms with Crippen molar-refractivity contribution >= 4 is 11.9 Å². The number of hydrogen-bond acceptors (Lipinski definition) is 4. The van der Waals surface area contributed by atoms with Crippen molar-refractivity contribution in [3.05, 3.63) is 0 Å². The molecule has 0 aromatic rings. The summed E-state index contributed by atoms with van der Waals surface area (Å²) in [4.78, 5) is 22.0. The third kappa shape index (κ3) is 3.74. The van der Waals surface area contributed by atoms with E-state index in [1.165, 1.54) is 7.11 Å². The van der Waals surface area contributed by atoms with Crippen LogP contribution in [-0.4, -0.2) is 36.1 Å². The first-order valence-corrected chi connectivity index (χ1v) is 4.57. The van der Waals surface area contributed by atoms with Crippen LogP contribution < -0.4 is 5.43 Å². The van der Waals surface area contributed by atoms with Gasteiger partial charge in [-0.3, -0.25) is 10.2 Å². The van der Waals surface area contributed by atoms with Crippen LogP contribution >= 0.6 is 0 Å². The van der Waals surface area contributed by atoms with E-state index in [-0.39, 0.29) is 12.1 Å². The van der Waals surface area contributed by atoms with Gasteiger partial charge in [0.15, 0.2) is 0 Å². The summed E-state index contributed by atoms with van der Waals surface area (Å²) in [5.41, 5.74) is 2.49. The molecule has 1 amide bonds. The first kappa shape index (κ1) is 12.9. The molecule has 0 saturated carbocycles. The lowest BCUT2D eigenvalue weighted by Crippen LogP contribution is -2.52. The molecule has 5 nitrogen and oxygen atoms in total. The zero-order valence-corrected chi connectivity index (χ0v) is 9.33. The molecule has 0 aromatic carbocycles. The minimum absolute atomic E-state index is 0.128. The van der Waals surface area contributed by atoms with Crippen LogP contribution in [0.25, 0.3) is 0 Å². The van der Waals surface area contributed by atoms with Crippen LogP contribution in [0, 0.1) is 0 Å². The van der Waals surface area contributed by atoms with Crippen molar-refractivity contribution in [1.82, 2.24) is 10.4 Å². The fraction of sp³-hybridized carbons (Fsp3) is 0.778. The van der Waals surface area contributed by atoms with Gasteiger partial charge in [-0.1, -0.05) is 0 Å². The summed E-state index contributed by atoms with van der Waals surface area (Å²) in [6, 6.07) is 0.257. The van der Waals surface area contributed by atoms with Crippen molar-refractivity contribution in [1.29, 1.82) is 0 Å². The number of rotatable bonds is 3. The van der Waals surface area contributed by atoms with Gasteiger partial charge < -0.3 is 4.74 Å². The Kier molecular flexibility index (Phi) is 5.15. The van der Waals surface area contributed by atoms with Gasteiger partial charge in [-0.15, -0.1) is 0 Å². The number of hydrogen-bond donors (Lipinski definition) is 1. The minimum atomic E-state index is -0.878. The summed E-state index contributed by atoms with van der Waals surface area (Å²) in [5, 5.41) is 1.69. The van der Waals surface area contributed by atoms with E-state index in [4.69, 9.17) is 0 Å². The molecule has 0 fully saturated rings. The Morgan fingerprint density at radius 2 is 1.57 bits per heavy atom. The zero-order chi connectivity index (χ0) is 11.3. The molecule has 0 aliphatic heterocycles. The van der Waals surface area contributed by atoms with E-state index in [9.17, 15) is 9.59 Å². The Bertz CT molecular complexity index is 206. The third-order valence-electron chi connectivity index (χ3n) is 1.71. The smallest absolute Gasteiger partial charge is 0.397 e. The van der Waals surface area contributed by atoms with E-state index >= 15 is 0 Å². The van der Waals surface area contributed by atoms with Crippen LogP contribution in [0.3, 0.4) is 0 Å². The van der Waals surface area contributed by atoms with Gasteiger partial charge in [0.05, 0.1) is 7.11 Å². The summed E-state index contributed by atoms with van der Waals surface area (Å²) in [6.45, 7) is 7.71. The van der Waals surface area contributed by atoms with Crippen LogP contribution in [0.4, 0.5) is 0 Å². The van der Waals surface area contributed by atoms with E-state index in [1.54, 1.807) is 5.01 Å². The van der Waals surface area contributed by atoms with E-state index in [2.05, 4.69) is 10.2 Å². The molecule has 0 spiro atoms. The Balaban J connectivity index is 4.31. The molecular weight excluding hydrogens is 184 g/mol. The molecule has 0 aliphatic carbocycles. The molecule has 0 unspecified atom stereocenters. The molecular formula is C9H18N2O3. The second-order valence-corrected chi connectivity index (χ2v) is 3.53. The number of esters is 1. The topological polar surface area (TPSA) is 58.6 Å². The predicted molar refractivity (Wildman–Crippen MR) is 52.3 cm³/mol. The third-order valence-corrected chi connectivity index (χ3v) is 1.71. The van der Waals surface area contributed by atoms with E-state index < -0.39 is 11.9 Å². The summed E-state index contributed by atoms with van der Waals surface area (Å²) < 4.78 is 4.29. The maximum atomic E-state index is 11.2. The van der Waals surface area contributed by atoms with Crippen LogP contribution in [0.5, 0.6) is 0 Å². The fourth-order valence-electron chi connectivity index (χ4n) is 1.11. The summed E-state index contributed by atoms with van der Waals surface area (Å²) in [6.07, 6.45) is 0. The van der Waals surface area contributed by atoms with E-state index in [0.29, 0.717) is 0 Å². The largest absolute Gasteiger partial charge is 0.462 e. The molecule has 0 atom stereocenters. The lowest BCUT2D eigenvalue weighted by Gasteiger charge is -2.29. The molecule has 0 rings (SSSR count). The zero-order valence-electron chi connectivity index (χ0n) is 9.33. The number of carbonyl (C=O) groups is 2. The number of ether oxygens (including phenoxy) is 1. The first-order valence-electron chi connectivity index (χ1n) is 4.57. The monoisotopic (exact) mass is 202 g/mol. The Hall–Kier alpha value is -1.10. The second-order valence-electron chi connectivity index (χ2n) is 3.53. The van der Waals surface area contributed by atoms with Crippen molar-refractivity contribution in [2.45, 2.75) is 39.8 Å². The number of amides is 1. The summed E-state index contributed by atoms with van der Waals surface area (Å²) in [5.74, 6) is -1.62. The molecule has 0 aliphatic rings. The molecule has 0 saturated heterocycles. The lowest BCUT2D eigenvalue weighted by molar-refractivity contribution is -0.156. The van der Waals surface area contributed by atoms with Crippen LogP contribution in [0.1, 0.15) is 27.7 Å². The van der Waals surface area contributed by atoms with Crippen molar-refractivity contribution in [2.75, 3.05) is 7.11 Å². The minimum Gasteiger partial charge on any atom is -0.462 e. The highest BCUT2D eigenvalue weighted by atomic mass is 16.5. The molecule has 82 valence electrons. The molecule has 5 heteroatoms. The normalized spacial score (nSPS) is 10.9. The number of carbonyl (C=O) groups excluding carboxylic acids is 2. The molecule has 1 N–H and O–H groups in total. The molecule has 0 radical (unpaired) electrons. The van der Waals surface area contributed by atoms with Crippen LogP contribution in [-0.2, 0) is 14.3 Å². The lowest BCUT2D eigenvalue weighted by atomic mass is 10.3. The predicted octanol–water partition coefficient (Wildman–Crippen LogP) is 0.309. The molecule has 0 aromatic heterocycles. The highest BCUT2D eigenvalue weighted by Crippen LogP contribution is 2.00. The van der Waals surface area contributed by atoms with Gasteiger partial charge in [-0.05, 0) is 27.7 Å².